The van der Waals surface area contributed by atoms with Crippen LogP contribution in [0.3, 0.4) is 0 Å². The van der Waals surface area contributed by atoms with Crippen molar-refractivity contribution in [2.24, 2.45) is 17.6 Å². The van der Waals surface area contributed by atoms with Gasteiger partial charge in [-0.1, -0.05) is 0 Å². The third kappa shape index (κ3) is 2.44. The fourth-order valence-electron chi connectivity index (χ4n) is 2.38. The predicted octanol–water partition coefficient (Wildman–Crippen LogP) is 1.88. The summed E-state index contributed by atoms with van der Waals surface area (Å²) in [6.45, 7) is 1.49. The molecule has 3 rings (SSSR count). The van der Waals surface area contributed by atoms with E-state index in [1.165, 1.54) is 25.7 Å². The first kappa shape index (κ1) is 10.7. The predicted molar refractivity (Wildman–Crippen MR) is 66.1 cm³/mol. The second kappa shape index (κ2) is 4.43. The van der Waals surface area contributed by atoms with Crippen LogP contribution in [0.1, 0.15) is 36.4 Å². The van der Waals surface area contributed by atoms with E-state index in [4.69, 9.17) is 5.73 Å². The molecule has 0 amide bonds. The van der Waals surface area contributed by atoms with E-state index >= 15 is 0 Å². The van der Waals surface area contributed by atoms with E-state index in [9.17, 15) is 0 Å². The van der Waals surface area contributed by atoms with Crippen molar-refractivity contribution >= 4 is 11.3 Å². The van der Waals surface area contributed by atoms with Crippen molar-refractivity contribution in [3.05, 3.63) is 16.1 Å². The molecule has 2 fully saturated rings. The lowest BCUT2D eigenvalue weighted by atomic mass is 10.1. The Bertz CT molecular complexity index is 343. The zero-order valence-corrected chi connectivity index (χ0v) is 10.3. The molecule has 2 aliphatic carbocycles. The van der Waals surface area contributed by atoms with E-state index in [-0.39, 0.29) is 0 Å². The van der Waals surface area contributed by atoms with Crippen molar-refractivity contribution in [3.8, 4) is 0 Å². The Labute approximate surface area is 100 Å². The fraction of sp³-hybridized carbons (Fsp3) is 0.750. The van der Waals surface area contributed by atoms with Crippen LogP contribution in [0, 0.1) is 11.8 Å². The summed E-state index contributed by atoms with van der Waals surface area (Å²) in [5.41, 5.74) is 6.73. The van der Waals surface area contributed by atoms with Crippen LogP contribution < -0.4 is 11.1 Å². The number of hydrogen-bond acceptors (Lipinski definition) is 4. The maximum absolute atomic E-state index is 5.56. The highest BCUT2D eigenvalue weighted by molar-refractivity contribution is 7.09. The van der Waals surface area contributed by atoms with Crippen LogP contribution in [0.2, 0.25) is 0 Å². The van der Waals surface area contributed by atoms with Gasteiger partial charge in [-0.25, -0.2) is 4.98 Å². The first-order valence-electron chi connectivity index (χ1n) is 6.23. The van der Waals surface area contributed by atoms with Gasteiger partial charge in [0.25, 0.3) is 0 Å². The highest BCUT2D eigenvalue weighted by atomic mass is 32.1. The van der Waals surface area contributed by atoms with E-state index in [1.807, 2.05) is 0 Å². The van der Waals surface area contributed by atoms with Gasteiger partial charge in [0.2, 0.25) is 0 Å². The second-order valence-corrected chi connectivity index (χ2v) is 5.96. The minimum Gasteiger partial charge on any atom is -0.325 e. The smallest absolute Gasteiger partial charge is 0.106 e. The highest BCUT2D eigenvalue weighted by Gasteiger charge is 2.40. The van der Waals surface area contributed by atoms with Gasteiger partial charge in [0.15, 0.2) is 0 Å². The second-order valence-electron chi connectivity index (χ2n) is 5.02. The molecule has 0 atom stereocenters. The SMILES string of the molecule is NCc1nc(CNC(C2CC2)C2CC2)cs1. The summed E-state index contributed by atoms with van der Waals surface area (Å²) in [5.74, 6) is 1.92. The summed E-state index contributed by atoms with van der Waals surface area (Å²) in [5, 5.41) is 6.88. The van der Waals surface area contributed by atoms with Crippen LogP contribution in [-0.4, -0.2) is 11.0 Å². The summed E-state index contributed by atoms with van der Waals surface area (Å²) in [4.78, 5) is 4.49. The zero-order valence-electron chi connectivity index (χ0n) is 9.48. The molecular formula is C12H19N3S. The first-order valence-corrected chi connectivity index (χ1v) is 7.11. The number of nitrogens with one attached hydrogen (secondary N) is 1. The molecule has 3 N–H and O–H groups in total. The Morgan fingerprint density at radius 3 is 2.56 bits per heavy atom. The Morgan fingerprint density at radius 1 is 1.38 bits per heavy atom. The molecule has 0 aromatic carbocycles. The van der Waals surface area contributed by atoms with Crippen molar-refractivity contribution in [1.29, 1.82) is 0 Å². The fourth-order valence-corrected chi connectivity index (χ4v) is 3.05. The molecular weight excluding hydrogens is 218 g/mol. The van der Waals surface area contributed by atoms with Crippen LogP contribution in [0.25, 0.3) is 0 Å². The van der Waals surface area contributed by atoms with Crippen molar-refractivity contribution < 1.29 is 0 Å². The average molecular weight is 237 g/mol. The molecule has 2 aliphatic rings. The molecule has 1 heterocycles. The van der Waals surface area contributed by atoms with E-state index in [2.05, 4.69) is 15.7 Å². The standard InChI is InChI=1S/C12H19N3S/c13-5-11-15-10(7-16-11)6-14-12(8-1-2-8)9-3-4-9/h7-9,12,14H,1-6,13H2. The molecule has 2 saturated carbocycles. The van der Waals surface area contributed by atoms with Crippen LogP contribution in [0.5, 0.6) is 0 Å². The van der Waals surface area contributed by atoms with Gasteiger partial charge in [-0.2, -0.15) is 0 Å². The molecule has 16 heavy (non-hydrogen) atoms. The van der Waals surface area contributed by atoms with E-state index in [0.29, 0.717) is 6.54 Å². The molecule has 0 aliphatic heterocycles. The van der Waals surface area contributed by atoms with Crippen molar-refractivity contribution in [3.63, 3.8) is 0 Å². The molecule has 3 nitrogen and oxygen atoms in total. The molecule has 0 spiro atoms. The Balaban J connectivity index is 1.53. The summed E-state index contributed by atoms with van der Waals surface area (Å²) < 4.78 is 0. The number of aromatic nitrogens is 1. The summed E-state index contributed by atoms with van der Waals surface area (Å²) in [7, 11) is 0. The molecule has 1 aromatic heterocycles. The zero-order chi connectivity index (χ0) is 11.0. The number of rotatable bonds is 6. The molecule has 88 valence electrons. The Hall–Kier alpha value is -0.450. The van der Waals surface area contributed by atoms with Crippen LogP contribution in [-0.2, 0) is 13.1 Å². The largest absolute Gasteiger partial charge is 0.325 e. The number of nitrogens with zero attached hydrogens (tertiary/aromatic N) is 1. The maximum atomic E-state index is 5.56. The van der Waals surface area contributed by atoms with Gasteiger partial charge < -0.3 is 11.1 Å². The lowest BCUT2D eigenvalue weighted by Gasteiger charge is -2.16. The molecule has 4 heteroatoms. The Morgan fingerprint density at radius 2 is 2.06 bits per heavy atom. The van der Waals surface area contributed by atoms with Crippen molar-refractivity contribution in [2.45, 2.75) is 44.8 Å². The first-order chi connectivity index (χ1) is 7.86. The van der Waals surface area contributed by atoms with Crippen LogP contribution >= 0.6 is 11.3 Å². The van der Waals surface area contributed by atoms with Gasteiger partial charge in [-0.3, -0.25) is 0 Å². The van der Waals surface area contributed by atoms with Crippen molar-refractivity contribution in [2.75, 3.05) is 0 Å². The third-order valence-electron chi connectivity index (χ3n) is 3.55. The van der Waals surface area contributed by atoms with Gasteiger partial charge in [-0.15, -0.1) is 11.3 Å². The third-order valence-corrected chi connectivity index (χ3v) is 4.47. The van der Waals surface area contributed by atoms with E-state index in [1.54, 1.807) is 11.3 Å². The molecule has 0 bridgehead atoms. The summed E-state index contributed by atoms with van der Waals surface area (Å²) >= 11 is 1.67. The lowest BCUT2D eigenvalue weighted by Crippen LogP contribution is -2.32. The summed E-state index contributed by atoms with van der Waals surface area (Å²) in [6.07, 6.45) is 5.72. The number of hydrogen-bond donors (Lipinski definition) is 2. The van der Waals surface area contributed by atoms with E-state index < -0.39 is 0 Å². The number of thiazole rings is 1. The van der Waals surface area contributed by atoms with Gasteiger partial charge in [0.05, 0.1) is 5.69 Å². The van der Waals surface area contributed by atoms with Crippen LogP contribution in [0.4, 0.5) is 0 Å². The monoisotopic (exact) mass is 237 g/mol. The Kier molecular flexibility index (Phi) is 2.96. The molecule has 0 radical (unpaired) electrons. The van der Waals surface area contributed by atoms with Crippen LogP contribution in [0.15, 0.2) is 5.38 Å². The minimum atomic E-state index is 0.569. The van der Waals surface area contributed by atoms with Gasteiger partial charge in [-0.05, 0) is 37.5 Å². The molecule has 0 saturated heterocycles. The lowest BCUT2D eigenvalue weighted by molar-refractivity contribution is 0.414. The van der Waals surface area contributed by atoms with Gasteiger partial charge in [0, 0.05) is 24.5 Å². The topological polar surface area (TPSA) is 50.9 Å². The normalized spacial score (nSPS) is 20.6. The maximum Gasteiger partial charge on any atom is 0.106 e. The molecule has 0 unspecified atom stereocenters. The summed E-state index contributed by atoms with van der Waals surface area (Å²) in [6, 6.07) is 0.767. The molecule has 1 aromatic rings. The van der Waals surface area contributed by atoms with Gasteiger partial charge >= 0.3 is 0 Å². The highest BCUT2D eigenvalue weighted by Crippen LogP contribution is 2.44. The average Bonchev–Trinajstić information content (AvgIpc) is 3.20. The van der Waals surface area contributed by atoms with Crippen molar-refractivity contribution in [1.82, 2.24) is 10.3 Å². The van der Waals surface area contributed by atoms with E-state index in [0.717, 1.165) is 35.1 Å². The quantitative estimate of drug-likeness (QED) is 0.794. The number of nitrogens with two attached hydrogens (primary N) is 1. The van der Waals surface area contributed by atoms with Gasteiger partial charge in [0.1, 0.15) is 5.01 Å². The minimum absolute atomic E-state index is 0.569.